The fourth-order valence-corrected chi connectivity index (χ4v) is 2.97. The van der Waals surface area contributed by atoms with Gasteiger partial charge >= 0.3 is 0 Å². The van der Waals surface area contributed by atoms with Crippen LogP contribution in [-0.4, -0.2) is 35.2 Å². The standard InChI is InChI=1S/C14H23ClN2O3S/c1-3-4-8-20-9-7-17-21(18,19)13-5-6-14(15)12(10-13)11-16-2/h5-6,10,16-17H,3-4,7-9,11H2,1-2H3. The van der Waals surface area contributed by atoms with Crippen molar-refractivity contribution >= 4 is 21.6 Å². The first-order valence-electron chi connectivity index (χ1n) is 7.01. The Morgan fingerprint density at radius 1 is 1.29 bits per heavy atom. The van der Waals surface area contributed by atoms with Crippen molar-refractivity contribution in [1.29, 1.82) is 0 Å². The molecule has 0 aromatic heterocycles. The molecule has 2 N–H and O–H groups in total. The smallest absolute Gasteiger partial charge is 0.240 e. The number of rotatable bonds is 10. The highest BCUT2D eigenvalue weighted by atomic mass is 35.5. The van der Waals surface area contributed by atoms with Gasteiger partial charge < -0.3 is 10.1 Å². The highest BCUT2D eigenvalue weighted by Crippen LogP contribution is 2.20. The van der Waals surface area contributed by atoms with E-state index in [-0.39, 0.29) is 11.4 Å². The highest BCUT2D eigenvalue weighted by molar-refractivity contribution is 7.89. The second-order valence-electron chi connectivity index (χ2n) is 4.65. The summed E-state index contributed by atoms with van der Waals surface area (Å²) in [5, 5.41) is 3.50. The first-order valence-corrected chi connectivity index (χ1v) is 8.87. The zero-order valence-corrected chi connectivity index (χ0v) is 14.1. The second-order valence-corrected chi connectivity index (χ2v) is 6.82. The van der Waals surface area contributed by atoms with Crippen LogP contribution < -0.4 is 10.0 Å². The van der Waals surface area contributed by atoms with Crippen molar-refractivity contribution in [3.05, 3.63) is 28.8 Å². The molecule has 0 aliphatic heterocycles. The second kappa shape index (κ2) is 9.38. The third-order valence-corrected chi connectivity index (χ3v) is 4.70. The molecule has 0 atom stereocenters. The molecule has 0 heterocycles. The van der Waals surface area contributed by atoms with Gasteiger partial charge in [-0.15, -0.1) is 0 Å². The molecule has 0 radical (unpaired) electrons. The minimum absolute atomic E-state index is 0.214. The number of hydrogen-bond donors (Lipinski definition) is 2. The van der Waals surface area contributed by atoms with Crippen molar-refractivity contribution in [3.63, 3.8) is 0 Å². The fraction of sp³-hybridized carbons (Fsp3) is 0.571. The van der Waals surface area contributed by atoms with Gasteiger partial charge in [0.15, 0.2) is 0 Å². The molecule has 1 rings (SSSR count). The fourth-order valence-electron chi connectivity index (χ4n) is 1.72. The molecule has 0 unspecified atom stereocenters. The van der Waals surface area contributed by atoms with Crippen LogP contribution in [-0.2, 0) is 21.3 Å². The molecule has 1 aromatic carbocycles. The van der Waals surface area contributed by atoms with Gasteiger partial charge in [-0.05, 0) is 37.2 Å². The van der Waals surface area contributed by atoms with Crippen LogP contribution in [0.25, 0.3) is 0 Å². The number of benzene rings is 1. The highest BCUT2D eigenvalue weighted by Gasteiger charge is 2.15. The Kier molecular flexibility index (Phi) is 8.21. The molecule has 0 aliphatic carbocycles. The Balaban J connectivity index is 2.59. The van der Waals surface area contributed by atoms with Crippen LogP contribution in [0.4, 0.5) is 0 Å². The van der Waals surface area contributed by atoms with Crippen molar-refractivity contribution in [2.24, 2.45) is 0 Å². The third kappa shape index (κ3) is 6.32. The van der Waals surface area contributed by atoms with E-state index in [2.05, 4.69) is 17.0 Å². The van der Waals surface area contributed by atoms with Crippen LogP contribution in [0.3, 0.4) is 0 Å². The molecule has 0 saturated heterocycles. The van der Waals surface area contributed by atoms with E-state index in [1.54, 1.807) is 19.2 Å². The Hall–Kier alpha value is -0.660. The normalized spacial score (nSPS) is 11.8. The molecule has 120 valence electrons. The molecule has 0 saturated carbocycles. The van der Waals surface area contributed by atoms with Gasteiger partial charge in [0.1, 0.15) is 0 Å². The molecule has 5 nitrogen and oxygen atoms in total. The molecule has 0 spiro atoms. The van der Waals surface area contributed by atoms with E-state index in [1.165, 1.54) is 6.07 Å². The molecular formula is C14H23ClN2O3S. The van der Waals surface area contributed by atoms with Gasteiger partial charge in [0.2, 0.25) is 10.0 Å². The average molecular weight is 335 g/mol. The van der Waals surface area contributed by atoms with E-state index in [0.717, 1.165) is 18.4 Å². The number of sulfonamides is 1. The average Bonchev–Trinajstić information content (AvgIpc) is 2.45. The topological polar surface area (TPSA) is 67.4 Å². The van der Waals surface area contributed by atoms with Gasteiger partial charge in [0, 0.05) is 24.7 Å². The van der Waals surface area contributed by atoms with E-state index in [1.807, 2.05) is 0 Å². The molecule has 1 aromatic rings. The maximum Gasteiger partial charge on any atom is 0.240 e. The van der Waals surface area contributed by atoms with E-state index in [9.17, 15) is 8.42 Å². The first-order chi connectivity index (χ1) is 10.0. The van der Waals surface area contributed by atoms with Crippen LogP contribution in [0.2, 0.25) is 5.02 Å². The molecule has 0 amide bonds. The van der Waals surface area contributed by atoms with Crippen molar-refractivity contribution in [2.45, 2.75) is 31.2 Å². The SMILES string of the molecule is CCCCOCCNS(=O)(=O)c1ccc(Cl)c(CNC)c1. The zero-order chi connectivity index (χ0) is 15.7. The lowest BCUT2D eigenvalue weighted by molar-refractivity contribution is 0.136. The van der Waals surface area contributed by atoms with E-state index < -0.39 is 10.0 Å². The van der Waals surface area contributed by atoms with Crippen LogP contribution >= 0.6 is 11.6 Å². The number of ether oxygens (including phenoxy) is 1. The predicted octanol–water partition coefficient (Wildman–Crippen LogP) is 2.15. The quantitative estimate of drug-likeness (QED) is 0.643. The van der Waals surface area contributed by atoms with Gasteiger partial charge in [0.05, 0.1) is 11.5 Å². The molecule has 21 heavy (non-hydrogen) atoms. The van der Waals surface area contributed by atoms with Crippen LogP contribution in [0.1, 0.15) is 25.3 Å². The number of nitrogens with one attached hydrogen (secondary N) is 2. The summed E-state index contributed by atoms with van der Waals surface area (Å²) in [5.74, 6) is 0. The van der Waals surface area contributed by atoms with E-state index >= 15 is 0 Å². The van der Waals surface area contributed by atoms with Gasteiger partial charge in [-0.2, -0.15) is 0 Å². The molecule has 0 fully saturated rings. The molecule has 7 heteroatoms. The predicted molar refractivity (Wildman–Crippen MR) is 85.1 cm³/mol. The van der Waals surface area contributed by atoms with E-state index in [4.69, 9.17) is 16.3 Å². The van der Waals surface area contributed by atoms with Crippen molar-refractivity contribution in [1.82, 2.24) is 10.0 Å². The minimum atomic E-state index is -3.53. The molecular weight excluding hydrogens is 312 g/mol. The van der Waals surface area contributed by atoms with Gasteiger partial charge in [-0.3, -0.25) is 0 Å². The summed E-state index contributed by atoms with van der Waals surface area (Å²) in [6, 6.07) is 4.68. The Labute approximate surface area is 132 Å². The first kappa shape index (κ1) is 18.4. The molecule has 0 aliphatic rings. The van der Waals surface area contributed by atoms with Crippen LogP contribution in [0, 0.1) is 0 Å². The lowest BCUT2D eigenvalue weighted by Gasteiger charge is -2.10. The number of hydrogen-bond acceptors (Lipinski definition) is 4. The van der Waals surface area contributed by atoms with Gasteiger partial charge in [0.25, 0.3) is 0 Å². The Morgan fingerprint density at radius 2 is 2.05 bits per heavy atom. The number of halogens is 1. The van der Waals surface area contributed by atoms with Crippen molar-refractivity contribution in [3.8, 4) is 0 Å². The minimum Gasteiger partial charge on any atom is -0.380 e. The lowest BCUT2D eigenvalue weighted by atomic mass is 10.2. The summed E-state index contributed by atoms with van der Waals surface area (Å²) in [6.07, 6.45) is 2.04. The van der Waals surface area contributed by atoms with Gasteiger partial charge in [-0.25, -0.2) is 13.1 Å². The van der Waals surface area contributed by atoms with E-state index in [0.29, 0.717) is 24.8 Å². The summed E-state index contributed by atoms with van der Waals surface area (Å²) in [6.45, 7) is 3.88. The summed E-state index contributed by atoms with van der Waals surface area (Å²) in [4.78, 5) is 0.214. The summed E-state index contributed by atoms with van der Waals surface area (Å²) < 4.78 is 32.2. The maximum atomic E-state index is 12.2. The maximum absolute atomic E-state index is 12.2. The summed E-state index contributed by atoms with van der Waals surface area (Å²) in [5.41, 5.74) is 0.751. The van der Waals surface area contributed by atoms with Crippen molar-refractivity contribution < 1.29 is 13.2 Å². The van der Waals surface area contributed by atoms with Crippen LogP contribution in [0.15, 0.2) is 23.1 Å². The van der Waals surface area contributed by atoms with Crippen molar-refractivity contribution in [2.75, 3.05) is 26.8 Å². The molecule has 0 bridgehead atoms. The summed E-state index contributed by atoms with van der Waals surface area (Å²) >= 11 is 6.03. The zero-order valence-electron chi connectivity index (χ0n) is 12.5. The Morgan fingerprint density at radius 3 is 2.71 bits per heavy atom. The largest absolute Gasteiger partial charge is 0.380 e. The van der Waals surface area contributed by atoms with Gasteiger partial charge in [-0.1, -0.05) is 24.9 Å². The monoisotopic (exact) mass is 334 g/mol. The Bertz CT molecular complexity index is 535. The summed E-state index contributed by atoms with van der Waals surface area (Å²) in [7, 11) is -1.75. The lowest BCUT2D eigenvalue weighted by Crippen LogP contribution is -2.27. The number of unbranched alkanes of at least 4 members (excludes halogenated alkanes) is 1. The van der Waals surface area contributed by atoms with Crippen LogP contribution in [0.5, 0.6) is 0 Å². The third-order valence-electron chi connectivity index (χ3n) is 2.88.